The summed E-state index contributed by atoms with van der Waals surface area (Å²) in [5, 5.41) is 0. The number of nitrogens with one attached hydrogen (secondary N) is 1. The van der Waals surface area contributed by atoms with E-state index in [9.17, 15) is 8.42 Å². The molecule has 1 unspecified atom stereocenters. The van der Waals surface area contributed by atoms with Crippen molar-refractivity contribution >= 4 is 10.0 Å². The number of hydrogen-bond acceptors (Lipinski definition) is 3. The molecule has 20 heavy (non-hydrogen) atoms. The zero-order valence-corrected chi connectivity index (χ0v) is 13.3. The lowest BCUT2D eigenvalue weighted by molar-refractivity contribution is 0.260. The first-order valence-electron chi connectivity index (χ1n) is 7.28. The van der Waals surface area contributed by atoms with Gasteiger partial charge in [-0.15, -0.1) is 0 Å². The number of hydrogen-bond donors (Lipinski definition) is 2. The summed E-state index contributed by atoms with van der Waals surface area (Å²) < 4.78 is 29.6. The van der Waals surface area contributed by atoms with Crippen LogP contribution in [0.25, 0.3) is 0 Å². The predicted octanol–water partition coefficient (Wildman–Crippen LogP) is 1.99. The minimum Gasteiger partial charge on any atom is -0.346 e. The molecule has 0 radical (unpaired) electrons. The van der Waals surface area contributed by atoms with E-state index in [1.165, 1.54) is 6.42 Å². The Balaban J connectivity index is 2.20. The van der Waals surface area contributed by atoms with Gasteiger partial charge in [-0.3, -0.25) is 0 Å². The number of rotatable bonds is 6. The zero-order valence-electron chi connectivity index (χ0n) is 12.5. The smallest absolute Gasteiger partial charge is 0.242 e. The fourth-order valence-corrected chi connectivity index (χ4v) is 4.00. The van der Waals surface area contributed by atoms with Crippen molar-refractivity contribution < 1.29 is 8.42 Å². The highest BCUT2D eigenvalue weighted by molar-refractivity contribution is 7.89. The van der Waals surface area contributed by atoms with E-state index in [1.54, 1.807) is 12.3 Å². The Kier molecular flexibility index (Phi) is 4.56. The summed E-state index contributed by atoms with van der Waals surface area (Å²) in [5.41, 5.74) is 6.53. The van der Waals surface area contributed by atoms with Crippen molar-refractivity contribution in [2.75, 3.05) is 0 Å². The van der Waals surface area contributed by atoms with Crippen molar-refractivity contribution in [3.63, 3.8) is 0 Å². The Morgan fingerprint density at radius 2 is 2.05 bits per heavy atom. The number of nitrogens with two attached hydrogens (primary N) is 1. The minimum atomic E-state index is -3.45. The van der Waals surface area contributed by atoms with Gasteiger partial charge in [0, 0.05) is 30.5 Å². The fraction of sp³-hybridized carbons (Fsp3) is 0.714. The van der Waals surface area contributed by atoms with E-state index in [1.807, 2.05) is 25.3 Å². The molecular formula is C14H25N3O2S. The lowest BCUT2D eigenvalue weighted by Gasteiger charge is -2.31. The molecule has 5 nitrogen and oxygen atoms in total. The highest BCUT2D eigenvalue weighted by Crippen LogP contribution is 2.30. The van der Waals surface area contributed by atoms with Crippen LogP contribution in [0.3, 0.4) is 0 Å². The summed E-state index contributed by atoms with van der Waals surface area (Å²) in [4.78, 5) is 0.317. The molecule has 6 heteroatoms. The first-order chi connectivity index (χ1) is 9.35. The second-order valence-electron chi connectivity index (χ2n) is 5.97. The van der Waals surface area contributed by atoms with Crippen LogP contribution in [0.15, 0.2) is 17.2 Å². The van der Waals surface area contributed by atoms with E-state index < -0.39 is 10.0 Å². The van der Waals surface area contributed by atoms with Gasteiger partial charge in [-0.1, -0.05) is 6.42 Å². The molecule has 0 bridgehead atoms. The molecule has 1 saturated carbocycles. The summed E-state index contributed by atoms with van der Waals surface area (Å²) in [6.45, 7) is 6.32. The van der Waals surface area contributed by atoms with Crippen molar-refractivity contribution in [1.29, 1.82) is 0 Å². The van der Waals surface area contributed by atoms with E-state index in [4.69, 9.17) is 5.73 Å². The number of aromatic nitrogens is 1. The van der Waals surface area contributed by atoms with Gasteiger partial charge in [0.2, 0.25) is 10.0 Å². The number of sulfonamides is 1. The van der Waals surface area contributed by atoms with Gasteiger partial charge in [-0.2, -0.15) is 0 Å². The van der Waals surface area contributed by atoms with E-state index in [-0.39, 0.29) is 12.1 Å². The summed E-state index contributed by atoms with van der Waals surface area (Å²) in [6.07, 6.45) is 5.12. The molecule has 0 spiro atoms. The van der Waals surface area contributed by atoms with Crippen LogP contribution in [0, 0.1) is 5.92 Å². The van der Waals surface area contributed by atoms with Gasteiger partial charge in [0.1, 0.15) is 0 Å². The maximum atomic E-state index is 12.4. The number of nitrogens with zero attached hydrogens (tertiary/aromatic N) is 1. The van der Waals surface area contributed by atoms with Gasteiger partial charge in [0.15, 0.2) is 0 Å². The summed E-state index contributed by atoms with van der Waals surface area (Å²) in [7, 11) is -3.45. The maximum Gasteiger partial charge on any atom is 0.242 e. The lowest BCUT2D eigenvalue weighted by atomic mass is 9.81. The Morgan fingerprint density at radius 1 is 1.40 bits per heavy atom. The first-order valence-corrected chi connectivity index (χ1v) is 8.76. The summed E-state index contributed by atoms with van der Waals surface area (Å²) >= 11 is 0. The minimum absolute atomic E-state index is 0.00234. The standard InChI is InChI=1S/C14H25N3O2S/c1-10(2)17-9-14(7-13(17)8-15)20(18,19)16-11(3)12-5-4-6-12/h7,9-12,16H,4-6,8,15H2,1-3H3. The molecule has 1 heterocycles. The third-order valence-electron chi connectivity index (χ3n) is 4.18. The van der Waals surface area contributed by atoms with E-state index >= 15 is 0 Å². The molecule has 114 valence electrons. The monoisotopic (exact) mass is 299 g/mol. The highest BCUT2D eigenvalue weighted by atomic mass is 32.2. The molecule has 1 aromatic heterocycles. The molecule has 3 N–H and O–H groups in total. The second-order valence-corrected chi connectivity index (χ2v) is 7.69. The van der Waals surface area contributed by atoms with Crippen molar-refractivity contribution in [3.05, 3.63) is 18.0 Å². The van der Waals surface area contributed by atoms with Crippen LogP contribution in [0.2, 0.25) is 0 Å². The van der Waals surface area contributed by atoms with Crippen LogP contribution >= 0.6 is 0 Å². The molecule has 1 fully saturated rings. The van der Waals surface area contributed by atoms with Crippen LogP contribution in [-0.4, -0.2) is 19.0 Å². The summed E-state index contributed by atoms with van der Waals surface area (Å²) in [5.74, 6) is 0.478. The van der Waals surface area contributed by atoms with Crippen LogP contribution < -0.4 is 10.5 Å². The van der Waals surface area contributed by atoms with Gasteiger partial charge < -0.3 is 10.3 Å². The topological polar surface area (TPSA) is 77.1 Å². The second kappa shape index (κ2) is 5.87. The average molecular weight is 299 g/mol. The Labute approximate surface area is 121 Å². The highest BCUT2D eigenvalue weighted by Gasteiger charge is 2.28. The average Bonchev–Trinajstić information content (AvgIpc) is 2.70. The molecule has 2 rings (SSSR count). The van der Waals surface area contributed by atoms with Gasteiger partial charge in [-0.25, -0.2) is 13.1 Å². The molecule has 1 aromatic rings. The zero-order chi connectivity index (χ0) is 14.9. The van der Waals surface area contributed by atoms with E-state index in [0.29, 0.717) is 17.4 Å². The predicted molar refractivity (Wildman–Crippen MR) is 79.8 cm³/mol. The van der Waals surface area contributed by atoms with Crippen molar-refractivity contribution in [1.82, 2.24) is 9.29 Å². The molecule has 0 saturated heterocycles. The molecule has 0 amide bonds. The maximum absolute atomic E-state index is 12.4. The Morgan fingerprint density at radius 3 is 2.45 bits per heavy atom. The Bertz CT molecular complexity index is 559. The molecule has 1 atom stereocenters. The van der Waals surface area contributed by atoms with Crippen LogP contribution in [-0.2, 0) is 16.6 Å². The van der Waals surface area contributed by atoms with Gasteiger partial charge in [0.05, 0.1) is 4.90 Å². The third kappa shape index (κ3) is 3.07. The summed E-state index contributed by atoms with van der Waals surface area (Å²) in [6, 6.07) is 1.87. The molecular weight excluding hydrogens is 274 g/mol. The Hall–Kier alpha value is -0.850. The normalized spacial score (nSPS) is 18.2. The third-order valence-corrected chi connectivity index (χ3v) is 5.71. The van der Waals surface area contributed by atoms with Gasteiger partial charge in [0.25, 0.3) is 0 Å². The van der Waals surface area contributed by atoms with E-state index in [2.05, 4.69) is 4.72 Å². The quantitative estimate of drug-likeness (QED) is 0.843. The first kappa shape index (κ1) is 15.5. The molecule has 1 aliphatic carbocycles. The largest absolute Gasteiger partial charge is 0.346 e. The van der Waals surface area contributed by atoms with Gasteiger partial charge in [-0.05, 0) is 45.6 Å². The lowest BCUT2D eigenvalue weighted by Crippen LogP contribution is -2.40. The molecule has 0 aromatic carbocycles. The van der Waals surface area contributed by atoms with Crippen molar-refractivity contribution in [2.45, 2.75) is 63.6 Å². The van der Waals surface area contributed by atoms with Crippen LogP contribution in [0.1, 0.15) is 51.8 Å². The fourth-order valence-electron chi connectivity index (χ4n) is 2.64. The SMILES string of the molecule is CC(NS(=O)(=O)c1cc(CN)n(C(C)C)c1)C1CCC1. The van der Waals surface area contributed by atoms with E-state index in [0.717, 1.165) is 18.5 Å². The molecule has 1 aliphatic rings. The molecule has 0 aliphatic heterocycles. The van der Waals surface area contributed by atoms with Crippen LogP contribution in [0.5, 0.6) is 0 Å². The van der Waals surface area contributed by atoms with Crippen LogP contribution in [0.4, 0.5) is 0 Å². The van der Waals surface area contributed by atoms with Crippen molar-refractivity contribution in [3.8, 4) is 0 Å². The van der Waals surface area contributed by atoms with Crippen molar-refractivity contribution in [2.24, 2.45) is 11.7 Å². The van der Waals surface area contributed by atoms with Gasteiger partial charge >= 0.3 is 0 Å².